The number of methoxy groups -OCH3 is 1. The number of ether oxygens (including phenoxy) is 2. The number of aromatic nitrogens is 2. The zero-order valence-electron chi connectivity index (χ0n) is 16.9. The van der Waals surface area contributed by atoms with E-state index < -0.39 is 0 Å². The van der Waals surface area contributed by atoms with E-state index in [4.69, 9.17) is 9.47 Å². The molecule has 1 fully saturated rings. The predicted octanol–water partition coefficient (Wildman–Crippen LogP) is 5.08. The highest BCUT2D eigenvalue weighted by Crippen LogP contribution is 2.32. The zero-order valence-corrected chi connectivity index (χ0v) is 19.4. The molecule has 1 aliphatic heterocycles. The number of hydrogen-bond donors (Lipinski definition) is 0. The maximum Gasteiger partial charge on any atom is 0.274 e. The van der Waals surface area contributed by atoms with Crippen LogP contribution in [-0.4, -0.2) is 52.8 Å². The number of hydrogen-bond acceptors (Lipinski definition) is 8. The van der Waals surface area contributed by atoms with Gasteiger partial charge in [0.05, 0.1) is 33.3 Å². The lowest BCUT2D eigenvalue weighted by molar-refractivity contribution is -0.130. The van der Waals surface area contributed by atoms with Crippen LogP contribution in [0.2, 0.25) is 0 Å². The summed E-state index contributed by atoms with van der Waals surface area (Å²) in [5.41, 5.74) is 1.88. The van der Waals surface area contributed by atoms with Crippen molar-refractivity contribution < 1.29 is 14.3 Å². The average Bonchev–Trinajstić information content (AvgIpc) is 3.40. The number of nitrogens with zero attached hydrogens (tertiary/aromatic N) is 3. The molecule has 9 heteroatoms. The Morgan fingerprint density at radius 1 is 1.10 bits per heavy atom. The number of thioether (sulfide) groups is 1. The highest BCUT2D eigenvalue weighted by Gasteiger charge is 2.25. The second-order valence-corrected chi connectivity index (χ2v) is 10.5. The third-order valence-corrected chi connectivity index (χ3v) is 8.32. The molecule has 4 aromatic rings. The highest BCUT2D eigenvalue weighted by atomic mass is 32.2. The molecule has 2 aromatic carbocycles. The van der Waals surface area contributed by atoms with Gasteiger partial charge in [-0.1, -0.05) is 35.2 Å². The first-order chi connectivity index (χ1) is 15.2. The van der Waals surface area contributed by atoms with Crippen LogP contribution in [0.25, 0.3) is 20.4 Å². The summed E-state index contributed by atoms with van der Waals surface area (Å²) in [5, 5.41) is 0.680. The Morgan fingerprint density at radius 2 is 1.90 bits per heavy atom. The van der Waals surface area contributed by atoms with Gasteiger partial charge in [-0.2, -0.15) is 0 Å². The van der Waals surface area contributed by atoms with Gasteiger partial charge in [0.2, 0.25) is 5.91 Å². The molecule has 6 nitrogen and oxygen atoms in total. The normalized spacial score (nSPS) is 14.9. The summed E-state index contributed by atoms with van der Waals surface area (Å²) >= 11 is 4.71. The van der Waals surface area contributed by atoms with Crippen LogP contribution in [0.4, 0.5) is 0 Å². The summed E-state index contributed by atoms with van der Waals surface area (Å²) in [6.07, 6.45) is 1.72. The molecule has 160 valence electrons. The smallest absolute Gasteiger partial charge is 0.274 e. The number of amides is 1. The van der Waals surface area contributed by atoms with Crippen LogP contribution in [0.15, 0.2) is 46.8 Å². The third kappa shape index (κ3) is 4.63. The van der Waals surface area contributed by atoms with Gasteiger partial charge < -0.3 is 14.4 Å². The van der Waals surface area contributed by atoms with E-state index >= 15 is 0 Å². The van der Waals surface area contributed by atoms with Crippen molar-refractivity contribution >= 4 is 60.8 Å². The van der Waals surface area contributed by atoms with Crippen LogP contribution >= 0.6 is 34.4 Å². The van der Waals surface area contributed by atoms with Crippen LogP contribution in [0.3, 0.4) is 0 Å². The molecule has 2 aromatic heterocycles. The number of carbonyl (C=O) groups excluding carboxylic acids is 1. The lowest BCUT2D eigenvalue weighted by Crippen LogP contribution is -2.42. The molecule has 5 rings (SSSR count). The Morgan fingerprint density at radius 3 is 2.71 bits per heavy atom. The van der Waals surface area contributed by atoms with Gasteiger partial charge in [0.15, 0.2) is 4.34 Å². The number of thiazole rings is 2. The first-order valence-corrected chi connectivity index (χ1v) is 12.7. The molecule has 0 N–H and O–H groups in total. The molecule has 0 spiro atoms. The van der Waals surface area contributed by atoms with Crippen molar-refractivity contribution in [2.45, 2.75) is 23.3 Å². The zero-order chi connectivity index (χ0) is 21.2. The molecule has 1 amide bonds. The quantitative estimate of drug-likeness (QED) is 0.366. The summed E-state index contributed by atoms with van der Waals surface area (Å²) in [6.45, 7) is 1.42. The van der Waals surface area contributed by atoms with Crippen molar-refractivity contribution in [3.05, 3.63) is 42.5 Å². The highest BCUT2D eigenvalue weighted by molar-refractivity contribution is 8.01. The van der Waals surface area contributed by atoms with E-state index in [1.54, 1.807) is 29.8 Å². The molecule has 1 aliphatic rings. The van der Waals surface area contributed by atoms with Gasteiger partial charge in [-0.05, 0) is 24.3 Å². The predicted molar refractivity (Wildman–Crippen MR) is 127 cm³/mol. The molecule has 31 heavy (non-hydrogen) atoms. The van der Waals surface area contributed by atoms with Gasteiger partial charge in [-0.15, -0.1) is 11.3 Å². The van der Waals surface area contributed by atoms with Gasteiger partial charge in [-0.25, -0.2) is 9.97 Å². The largest absolute Gasteiger partial charge is 0.497 e. The number of piperidine rings is 1. The standard InChI is InChI=1S/C22H21N3O3S3/c1-27-15-6-7-19-17(12-15)23-21(30-19)28-14-8-10-25(11-9-14)20(26)13-29-22-24-16-4-2-3-5-18(16)31-22/h2-7,12,14H,8-11,13H2,1H3. The number of carbonyl (C=O) groups is 1. The number of likely N-dealkylation sites (tertiary alicyclic amines) is 1. The van der Waals surface area contributed by atoms with E-state index in [0.29, 0.717) is 24.0 Å². The second kappa shape index (κ2) is 9.02. The summed E-state index contributed by atoms with van der Waals surface area (Å²) in [5.74, 6) is 1.38. The Labute approximate surface area is 192 Å². The molecular formula is C22H21N3O3S3. The molecule has 0 saturated carbocycles. The van der Waals surface area contributed by atoms with Crippen LogP contribution in [0.1, 0.15) is 12.8 Å². The Bertz CT molecular complexity index is 1180. The Kier molecular flexibility index (Phi) is 5.97. The van der Waals surface area contributed by atoms with Crippen LogP contribution in [0.5, 0.6) is 10.9 Å². The van der Waals surface area contributed by atoms with Crippen molar-refractivity contribution in [1.82, 2.24) is 14.9 Å². The maximum absolute atomic E-state index is 12.6. The SMILES string of the molecule is COc1ccc2sc(OC3CCN(C(=O)CSc4nc5ccccc5s4)CC3)nc2c1. The number of benzene rings is 2. The van der Waals surface area contributed by atoms with Crippen molar-refractivity contribution in [3.63, 3.8) is 0 Å². The van der Waals surface area contributed by atoms with Gasteiger partial charge in [-0.3, -0.25) is 4.79 Å². The Balaban J connectivity index is 1.12. The minimum absolute atomic E-state index is 0.0865. The monoisotopic (exact) mass is 471 g/mol. The minimum Gasteiger partial charge on any atom is -0.497 e. The molecule has 0 unspecified atom stereocenters. The number of para-hydroxylation sites is 1. The van der Waals surface area contributed by atoms with Crippen LogP contribution < -0.4 is 9.47 Å². The molecular weight excluding hydrogens is 450 g/mol. The van der Waals surface area contributed by atoms with E-state index in [2.05, 4.69) is 16.0 Å². The topological polar surface area (TPSA) is 64.6 Å². The fourth-order valence-electron chi connectivity index (χ4n) is 3.56. The van der Waals surface area contributed by atoms with Crippen molar-refractivity contribution in [2.75, 3.05) is 26.0 Å². The van der Waals surface area contributed by atoms with E-state index in [1.165, 1.54) is 11.8 Å². The lowest BCUT2D eigenvalue weighted by atomic mass is 10.1. The van der Waals surface area contributed by atoms with Crippen molar-refractivity contribution in [3.8, 4) is 10.9 Å². The average molecular weight is 472 g/mol. The third-order valence-electron chi connectivity index (χ3n) is 5.23. The first-order valence-electron chi connectivity index (χ1n) is 10.1. The van der Waals surface area contributed by atoms with Crippen LogP contribution in [0, 0.1) is 0 Å². The second-order valence-electron chi connectivity index (χ2n) is 7.25. The fourth-order valence-corrected chi connectivity index (χ4v) is 6.39. The molecule has 0 atom stereocenters. The van der Waals surface area contributed by atoms with E-state index in [9.17, 15) is 4.79 Å². The molecule has 3 heterocycles. The maximum atomic E-state index is 12.6. The minimum atomic E-state index is 0.0865. The summed E-state index contributed by atoms with van der Waals surface area (Å²) < 4.78 is 14.6. The Hall–Kier alpha value is -2.36. The summed E-state index contributed by atoms with van der Waals surface area (Å²) in [6, 6.07) is 13.9. The summed E-state index contributed by atoms with van der Waals surface area (Å²) in [4.78, 5) is 23.8. The fraction of sp³-hybridized carbons (Fsp3) is 0.318. The molecule has 0 aliphatic carbocycles. The van der Waals surface area contributed by atoms with Gasteiger partial charge in [0.25, 0.3) is 5.19 Å². The number of fused-ring (bicyclic) bond motifs is 2. The van der Waals surface area contributed by atoms with E-state index in [-0.39, 0.29) is 12.0 Å². The number of rotatable bonds is 6. The van der Waals surface area contributed by atoms with E-state index in [1.807, 2.05) is 41.3 Å². The van der Waals surface area contributed by atoms with Gasteiger partial charge in [0, 0.05) is 32.0 Å². The van der Waals surface area contributed by atoms with Gasteiger partial charge >= 0.3 is 0 Å². The molecule has 0 bridgehead atoms. The van der Waals surface area contributed by atoms with Crippen LogP contribution in [-0.2, 0) is 4.79 Å². The molecule has 1 saturated heterocycles. The lowest BCUT2D eigenvalue weighted by Gasteiger charge is -2.31. The van der Waals surface area contributed by atoms with Gasteiger partial charge in [0.1, 0.15) is 11.9 Å². The molecule has 0 radical (unpaired) electrons. The van der Waals surface area contributed by atoms with Crippen molar-refractivity contribution in [1.29, 1.82) is 0 Å². The first kappa shape index (κ1) is 20.5. The van der Waals surface area contributed by atoms with Crippen molar-refractivity contribution in [2.24, 2.45) is 0 Å². The summed E-state index contributed by atoms with van der Waals surface area (Å²) in [7, 11) is 1.65. The van der Waals surface area contributed by atoms with E-state index in [0.717, 1.165) is 43.4 Å².